The standard InChI is InChI=1S/C21H23N7O2/c1-12-9-17-13(7-8-23-26-17)10-16(12)24-20-22-11-18-19(25-20)28(21(30)27(18)2)14-3-5-15(29)6-4-14/h7-11,14-15,29H,3-6H2,1-2H3,(H,22,24,25)/t14-,15+. The summed E-state index contributed by atoms with van der Waals surface area (Å²) in [6.07, 6.45) is 5.98. The molecule has 1 saturated carbocycles. The first kappa shape index (κ1) is 18.7. The van der Waals surface area contributed by atoms with Crippen LogP contribution >= 0.6 is 0 Å². The maximum Gasteiger partial charge on any atom is 0.330 e. The Labute approximate surface area is 172 Å². The van der Waals surface area contributed by atoms with Crippen LogP contribution in [-0.4, -0.2) is 40.5 Å². The lowest BCUT2D eigenvalue weighted by molar-refractivity contribution is 0.110. The van der Waals surface area contributed by atoms with Gasteiger partial charge in [0, 0.05) is 24.2 Å². The number of hydrogen-bond donors (Lipinski definition) is 2. The van der Waals surface area contributed by atoms with Gasteiger partial charge in [-0.05, 0) is 56.4 Å². The number of aromatic nitrogens is 6. The highest BCUT2D eigenvalue weighted by atomic mass is 16.3. The van der Waals surface area contributed by atoms with Gasteiger partial charge in [-0.2, -0.15) is 15.2 Å². The third-order valence-corrected chi connectivity index (χ3v) is 5.97. The fraction of sp³-hybridized carbons (Fsp3) is 0.381. The molecule has 154 valence electrons. The van der Waals surface area contributed by atoms with E-state index < -0.39 is 0 Å². The quantitative estimate of drug-likeness (QED) is 0.539. The molecule has 0 atom stereocenters. The number of hydrogen-bond acceptors (Lipinski definition) is 7. The van der Waals surface area contributed by atoms with Crippen LogP contribution in [-0.2, 0) is 7.05 Å². The molecule has 5 rings (SSSR count). The van der Waals surface area contributed by atoms with Crippen molar-refractivity contribution < 1.29 is 5.11 Å². The van der Waals surface area contributed by atoms with Crippen LogP contribution in [0, 0.1) is 6.92 Å². The van der Waals surface area contributed by atoms with Crippen molar-refractivity contribution in [3.8, 4) is 0 Å². The van der Waals surface area contributed by atoms with Crippen LogP contribution in [0.25, 0.3) is 22.1 Å². The fourth-order valence-electron chi connectivity index (χ4n) is 4.24. The third kappa shape index (κ3) is 3.11. The molecular formula is C21H23N7O2. The van der Waals surface area contributed by atoms with E-state index in [-0.39, 0.29) is 17.8 Å². The molecule has 1 aliphatic rings. The lowest BCUT2D eigenvalue weighted by Crippen LogP contribution is -2.30. The Balaban J connectivity index is 1.56. The maximum atomic E-state index is 12.9. The third-order valence-electron chi connectivity index (χ3n) is 5.97. The van der Waals surface area contributed by atoms with Gasteiger partial charge in [0.15, 0.2) is 5.65 Å². The van der Waals surface area contributed by atoms with E-state index in [9.17, 15) is 9.90 Å². The van der Waals surface area contributed by atoms with Crippen LogP contribution in [0.4, 0.5) is 11.6 Å². The van der Waals surface area contributed by atoms with Crippen LogP contribution in [0.2, 0.25) is 0 Å². The first-order valence-electron chi connectivity index (χ1n) is 10.1. The van der Waals surface area contributed by atoms with Crippen LogP contribution < -0.4 is 11.0 Å². The highest BCUT2D eigenvalue weighted by Gasteiger charge is 2.26. The molecule has 30 heavy (non-hydrogen) atoms. The molecule has 1 aromatic carbocycles. The van der Waals surface area contributed by atoms with E-state index in [2.05, 4.69) is 20.5 Å². The smallest absolute Gasteiger partial charge is 0.330 e. The number of nitrogens with one attached hydrogen (secondary N) is 1. The molecule has 0 radical (unpaired) electrons. The monoisotopic (exact) mass is 405 g/mol. The van der Waals surface area contributed by atoms with Crippen molar-refractivity contribution in [1.82, 2.24) is 29.3 Å². The van der Waals surface area contributed by atoms with Gasteiger partial charge >= 0.3 is 5.69 Å². The predicted octanol–water partition coefficient (Wildman–Crippen LogP) is 2.60. The van der Waals surface area contributed by atoms with E-state index in [1.165, 1.54) is 0 Å². The minimum Gasteiger partial charge on any atom is -0.393 e. The Kier molecular flexibility index (Phi) is 4.47. The summed E-state index contributed by atoms with van der Waals surface area (Å²) in [5.41, 5.74) is 3.92. The second-order valence-corrected chi connectivity index (χ2v) is 7.96. The Hall–Kier alpha value is -3.33. The molecule has 0 unspecified atom stereocenters. The van der Waals surface area contributed by atoms with Gasteiger partial charge in [0.2, 0.25) is 5.95 Å². The van der Waals surface area contributed by atoms with Crippen molar-refractivity contribution in [3.63, 3.8) is 0 Å². The largest absolute Gasteiger partial charge is 0.393 e. The zero-order valence-electron chi connectivity index (χ0n) is 16.9. The summed E-state index contributed by atoms with van der Waals surface area (Å²) in [6.45, 7) is 1.99. The van der Waals surface area contributed by atoms with Crippen molar-refractivity contribution in [1.29, 1.82) is 0 Å². The first-order chi connectivity index (χ1) is 14.5. The van der Waals surface area contributed by atoms with Crippen molar-refractivity contribution >= 4 is 33.7 Å². The number of anilines is 2. The van der Waals surface area contributed by atoms with Gasteiger partial charge < -0.3 is 10.4 Å². The zero-order valence-corrected chi connectivity index (χ0v) is 16.9. The van der Waals surface area contributed by atoms with Gasteiger partial charge in [0.05, 0.1) is 24.0 Å². The van der Waals surface area contributed by atoms with Crippen molar-refractivity contribution in [2.45, 2.75) is 44.8 Å². The Morgan fingerprint density at radius 3 is 2.80 bits per heavy atom. The summed E-state index contributed by atoms with van der Waals surface area (Å²) < 4.78 is 3.35. The van der Waals surface area contributed by atoms with E-state index in [0.717, 1.165) is 35.0 Å². The highest BCUT2D eigenvalue weighted by molar-refractivity contribution is 5.84. The highest BCUT2D eigenvalue weighted by Crippen LogP contribution is 2.30. The molecule has 1 aliphatic carbocycles. The molecule has 0 aliphatic heterocycles. The van der Waals surface area contributed by atoms with Crippen LogP contribution in [0.3, 0.4) is 0 Å². The van der Waals surface area contributed by atoms with E-state index in [4.69, 9.17) is 4.98 Å². The minimum atomic E-state index is -0.278. The molecule has 9 nitrogen and oxygen atoms in total. The van der Waals surface area contributed by atoms with E-state index in [1.807, 2.05) is 25.1 Å². The van der Waals surface area contributed by atoms with Crippen molar-refractivity contribution in [3.05, 3.63) is 46.6 Å². The summed E-state index contributed by atoms with van der Waals surface area (Å²) in [7, 11) is 1.74. The summed E-state index contributed by atoms with van der Waals surface area (Å²) in [5, 5.41) is 22.2. The van der Waals surface area contributed by atoms with Gasteiger partial charge in [-0.1, -0.05) is 0 Å². The minimum absolute atomic E-state index is 0.0355. The lowest BCUT2D eigenvalue weighted by Gasteiger charge is -2.26. The summed E-state index contributed by atoms with van der Waals surface area (Å²) in [5.74, 6) is 0.433. The molecule has 0 spiro atoms. The van der Waals surface area contributed by atoms with Crippen LogP contribution in [0.15, 0.2) is 35.4 Å². The maximum absolute atomic E-state index is 12.9. The Morgan fingerprint density at radius 2 is 2.00 bits per heavy atom. The van der Waals surface area contributed by atoms with Gasteiger partial charge in [0.1, 0.15) is 5.52 Å². The van der Waals surface area contributed by atoms with E-state index >= 15 is 0 Å². The predicted molar refractivity (Wildman–Crippen MR) is 114 cm³/mol. The number of aliphatic hydroxyl groups is 1. The summed E-state index contributed by atoms with van der Waals surface area (Å²) >= 11 is 0. The van der Waals surface area contributed by atoms with E-state index in [0.29, 0.717) is 30.0 Å². The number of nitrogens with zero attached hydrogens (tertiary/aromatic N) is 6. The molecule has 0 bridgehead atoms. The molecule has 2 N–H and O–H groups in total. The number of benzene rings is 1. The van der Waals surface area contributed by atoms with Gasteiger partial charge in [-0.15, -0.1) is 0 Å². The van der Waals surface area contributed by atoms with Crippen LogP contribution in [0.1, 0.15) is 37.3 Å². The molecular weight excluding hydrogens is 382 g/mol. The normalized spacial score (nSPS) is 19.4. The van der Waals surface area contributed by atoms with Crippen LogP contribution in [0.5, 0.6) is 0 Å². The zero-order chi connectivity index (χ0) is 20.8. The average Bonchev–Trinajstić information content (AvgIpc) is 2.99. The topological polar surface area (TPSA) is 111 Å². The average molecular weight is 405 g/mol. The first-order valence-corrected chi connectivity index (χ1v) is 10.1. The molecule has 0 amide bonds. The molecule has 3 heterocycles. The van der Waals surface area contributed by atoms with Gasteiger partial charge in [-0.25, -0.2) is 9.78 Å². The Morgan fingerprint density at radius 1 is 1.20 bits per heavy atom. The number of aliphatic hydroxyl groups excluding tert-OH is 1. The summed E-state index contributed by atoms with van der Waals surface area (Å²) in [6, 6.07) is 5.90. The number of fused-ring (bicyclic) bond motifs is 2. The molecule has 1 fully saturated rings. The molecule has 3 aromatic heterocycles. The lowest BCUT2D eigenvalue weighted by atomic mass is 9.93. The molecule has 0 saturated heterocycles. The second-order valence-electron chi connectivity index (χ2n) is 7.96. The van der Waals surface area contributed by atoms with E-state index in [1.54, 1.807) is 28.6 Å². The fourth-order valence-corrected chi connectivity index (χ4v) is 4.24. The second kappa shape index (κ2) is 7.17. The Bertz CT molecular complexity index is 1300. The summed E-state index contributed by atoms with van der Waals surface area (Å²) in [4.78, 5) is 22.0. The van der Waals surface area contributed by atoms with Crippen molar-refractivity contribution in [2.24, 2.45) is 7.05 Å². The number of aryl methyl sites for hydroxylation is 2. The molecule has 4 aromatic rings. The van der Waals surface area contributed by atoms with Gasteiger partial charge in [0.25, 0.3) is 0 Å². The number of imidazole rings is 1. The van der Waals surface area contributed by atoms with Crippen molar-refractivity contribution in [2.75, 3.05) is 5.32 Å². The SMILES string of the molecule is Cc1cc2nnccc2cc1Nc1ncc2c(n1)n([C@H]1CC[C@@H](O)CC1)c(=O)n2C. The van der Waals surface area contributed by atoms with Gasteiger partial charge in [-0.3, -0.25) is 9.13 Å². The number of rotatable bonds is 3. The molecule has 9 heteroatoms.